The number of nitrogens with one attached hydrogen (secondary N) is 1. The number of nitro groups is 1. The molecule has 9 heteroatoms. The molecule has 1 fully saturated rings. The molecule has 2 aromatic rings. The van der Waals surface area contributed by atoms with Crippen molar-refractivity contribution in [3.8, 4) is 11.5 Å². The van der Waals surface area contributed by atoms with Crippen molar-refractivity contribution in [2.75, 3.05) is 26.3 Å². The first-order valence-electron chi connectivity index (χ1n) is 9.69. The Balaban J connectivity index is 1.62. The van der Waals surface area contributed by atoms with Crippen molar-refractivity contribution < 1.29 is 19.2 Å². The number of hydrogen-bond acceptors (Lipinski definition) is 6. The first kappa shape index (κ1) is 22.0. The largest absolute Gasteiger partial charge is 0.450 e. The molecule has 3 rings (SSSR count). The first-order chi connectivity index (χ1) is 14.3. The van der Waals surface area contributed by atoms with Crippen LogP contribution in [0, 0.1) is 10.1 Å². The van der Waals surface area contributed by atoms with Crippen LogP contribution < -0.4 is 10.1 Å². The standard InChI is InChI=1S/C21H24ClN3O5/c1-14(15(2)24-9-11-29-12-10-24)23-21(26)16-3-6-18(7-4-16)30-20-8-5-17(22)13-19(20)25(27)28/h3-8,13-15H,9-12H2,1-2H3,(H,23,26). The second-order valence-electron chi connectivity index (χ2n) is 7.15. The van der Waals surface area contributed by atoms with E-state index in [2.05, 4.69) is 17.1 Å². The number of nitrogens with zero attached hydrogens (tertiary/aromatic N) is 2. The van der Waals surface area contributed by atoms with Crippen LogP contribution >= 0.6 is 11.6 Å². The van der Waals surface area contributed by atoms with E-state index in [1.165, 1.54) is 18.2 Å². The molecule has 0 saturated carbocycles. The van der Waals surface area contributed by atoms with E-state index in [1.807, 2.05) is 6.92 Å². The minimum atomic E-state index is -0.556. The molecular formula is C21H24ClN3O5. The van der Waals surface area contributed by atoms with E-state index in [0.717, 1.165) is 13.1 Å². The molecule has 8 nitrogen and oxygen atoms in total. The van der Waals surface area contributed by atoms with Gasteiger partial charge in [-0.3, -0.25) is 19.8 Å². The maximum Gasteiger partial charge on any atom is 0.313 e. The smallest absolute Gasteiger partial charge is 0.313 e. The van der Waals surface area contributed by atoms with Gasteiger partial charge < -0.3 is 14.8 Å². The van der Waals surface area contributed by atoms with E-state index in [0.29, 0.717) is 24.5 Å². The summed E-state index contributed by atoms with van der Waals surface area (Å²) in [4.78, 5) is 25.5. The Labute approximate surface area is 179 Å². The summed E-state index contributed by atoms with van der Waals surface area (Å²) >= 11 is 5.82. The molecule has 0 spiro atoms. The van der Waals surface area contributed by atoms with Crippen LogP contribution in [-0.4, -0.2) is 54.1 Å². The zero-order chi connectivity index (χ0) is 21.7. The van der Waals surface area contributed by atoms with Gasteiger partial charge in [0.2, 0.25) is 5.75 Å². The van der Waals surface area contributed by atoms with E-state index >= 15 is 0 Å². The van der Waals surface area contributed by atoms with E-state index in [1.54, 1.807) is 24.3 Å². The van der Waals surface area contributed by atoms with Gasteiger partial charge in [0.05, 0.1) is 18.1 Å². The maximum atomic E-state index is 12.6. The number of halogens is 1. The van der Waals surface area contributed by atoms with Crippen molar-refractivity contribution in [2.24, 2.45) is 0 Å². The molecule has 0 aliphatic carbocycles. The molecule has 1 amide bonds. The number of benzene rings is 2. The molecule has 160 valence electrons. The fourth-order valence-electron chi connectivity index (χ4n) is 3.23. The lowest BCUT2D eigenvalue weighted by Gasteiger charge is -2.35. The number of carbonyl (C=O) groups excluding carboxylic acids is 1. The molecule has 0 bridgehead atoms. The molecule has 30 heavy (non-hydrogen) atoms. The molecule has 2 aromatic carbocycles. The van der Waals surface area contributed by atoms with Gasteiger partial charge in [-0.25, -0.2) is 0 Å². The van der Waals surface area contributed by atoms with Crippen LogP contribution in [0.15, 0.2) is 42.5 Å². The van der Waals surface area contributed by atoms with Crippen molar-refractivity contribution >= 4 is 23.2 Å². The molecule has 0 radical (unpaired) electrons. The second kappa shape index (κ2) is 9.88. The molecule has 1 aliphatic heterocycles. The SMILES string of the molecule is CC(NC(=O)c1ccc(Oc2ccc(Cl)cc2[N+](=O)[O-])cc1)C(C)N1CCOCC1. The lowest BCUT2D eigenvalue weighted by molar-refractivity contribution is -0.385. The van der Waals surface area contributed by atoms with Crippen molar-refractivity contribution in [1.82, 2.24) is 10.2 Å². The van der Waals surface area contributed by atoms with Gasteiger partial charge in [0.25, 0.3) is 5.91 Å². The highest BCUT2D eigenvalue weighted by Crippen LogP contribution is 2.33. The summed E-state index contributed by atoms with van der Waals surface area (Å²) in [6, 6.07) is 10.8. The number of ether oxygens (including phenoxy) is 2. The monoisotopic (exact) mass is 433 g/mol. The Morgan fingerprint density at radius 2 is 1.87 bits per heavy atom. The second-order valence-corrected chi connectivity index (χ2v) is 7.58. The summed E-state index contributed by atoms with van der Waals surface area (Å²) in [5, 5.41) is 14.5. The summed E-state index contributed by atoms with van der Waals surface area (Å²) in [5.74, 6) is 0.271. The predicted octanol–water partition coefficient (Wildman–Crippen LogP) is 3.88. The predicted molar refractivity (Wildman–Crippen MR) is 113 cm³/mol. The first-order valence-corrected chi connectivity index (χ1v) is 10.1. The van der Waals surface area contributed by atoms with Crippen LogP contribution in [0.4, 0.5) is 5.69 Å². The van der Waals surface area contributed by atoms with E-state index < -0.39 is 4.92 Å². The lowest BCUT2D eigenvalue weighted by atomic mass is 10.1. The summed E-state index contributed by atoms with van der Waals surface area (Å²) in [6.07, 6.45) is 0. The molecule has 1 saturated heterocycles. The number of rotatable bonds is 7. The van der Waals surface area contributed by atoms with Crippen LogP contribution in [-0.2, 0) is 4.74 Å². The fraction of sp³-hybridized carbons (Fsp3) is 0.381. The van der Waals surface area contributed by atoms with Gasteiger partial charge in [-0.2, -0.15) is 0 Å². The van der Waals surface area contributed by atoms with Crippen LogP contribution in [0.25, 0.3) is 0 Å². The van der Waals surface area contributed by atoms with Crippen LogP contribution in [0.5, 0.6) is 11.5 Å². The fourth-order valence-corrected chi connectivity index (χ4v) is 3.40. The Morgan fingerprint density at radius 3 is 2.50 bits per heavy atom. The number of carbonyl (C=O) groups is 1. The van der Waals surface area contributed by atoms with Gasteiger partial charge in [-0.1, -0.05) is 11.6 Å². The normalized spacial score (nSPS) is 16.5. The van der Waals surface area contributed by atoms with Crippen molar-refractivity contribution in [3.05, 3.63) is 63.2 Å². The Bertz CT molecular complexity index is 900. The Morgan fingerprint density at radius 1 is 1.20 bits per heavy atom. The zero-order valence-corrected chi connectivity index (χ0v) is 17.6. The van der Waals surface area contributed by atoms with E-state index in [-0.39, 0.29) is 34.5 Å². The van der Waals surface area contributed by atoms with Gasteiger partial charge in [0, 0.05) is 41.8 Å². The third-order valence-electron chi connectivity index (χ3n) is 5.17. The summed E-state index contributed by atoms with van der Waals surface area (Å²) in [5.41, 5.74) is 0.254. The van der Waals surface area contributed by atoms with Crippen LogP contribution in [0.1, 0.15) is 24.2 Å². The molecule has 1 heterocycles. The lowest BCUT2D eigenvalue weighted by Crippen LogP contribution is -2.52. The molecular weight excluding hydrogens is 410 g/mol. The average molecular weight is 434 g/mol. The zero-order valence-electron chi connectivity index (χ0n) is 16.8. The summed E-state index contributed by atoms with van der Waals surface area (Å²) in [6.45, 7) is 7.19. The van der Waals surface area contributed by atoms with Crippen LogP contribution in [0.2, 0.25) is 5.02 Å². The number of nitro benzene ring substituents is 1. The third kappa shape index (κ3) is 5.47. The quantitative estimate of drug-likeness (QED) is 0.526. The van der Waals surface area contributed by atoms with E-state index in [9.17, 15) is 14.9 Å². The average Bonchev–Trinajstić information content (AvgIpc) is 2.75. The van der Waals surface area contributed by atoms with Gasteiger partial charge in [-0.15, -0.1) is 0 Å². The highest BCUT2D eigenvalue weighted by molar-refractivity contribution is 6.30. The van der Waals surface area contributed by atoms with Gasteiger partial charge in [-0.05, 0) is 50.2 Å². The minimum Gasteiger partial charge on any atom is -0.450 e. The molecule has 1 N–H and O–H groups in total. The van der Waals surface area contributed by atoms with Gasteiger partial charge in [0.15, 0.2) is 0 Å². The Kier molecular flexibility index (Phi) is 7.25. The molecule has 2 atom stereocenters. The van der Waals surface area contributed by atoms with Gasteiger partial charge >= 0.3 is 5.69 Å². The topological polar surface area (TPSA) is 93.9 Å². The van der Waals surface area contributed by atoms with Crippen LogP contribution in [0.3, 0.4) is 0 Å². The Hall–Kier alpha value is -2.68. The number of hydrogen-bond donors (Lipinski definition) is 1. The van der Waals surface area contributed by atoms with E-state index in [4.69, 9.17) is 21.1 Å². The summed E-state index contributed by atoms with van der Waals surface area (Å²) < 4.78 is 11.0. The van der Waals surface area contributed by atoms with Gasteiger partial charge in [0.1, 0.15) is 5.75 Å². The number of amides is 1. The van der Waals surface area contributed by atoms with Crippen molar-refractivity contribution in [1.29, 1.82) is 0 Å². The highest BCUT2D eigenvalue weighted by atomic mass is 35.5. The molecule has 1 aliphatic rings. The maximum absolute atomic E-state index is 12.6. The number of morpholine rings is 1. The highest BCUT2D eigenvalue weighted by Gasteiger charge is 2.23. The molecule has 2 unspecified atom stereocenters. The van der Waals surface area contributed by atoms with Crippen molar-refractivity contribution in [2.45, 2.75) is 25.9 Å². The molecule has 0 aromatic heterocycles. The summed E-state index contributed by atoms with van der Waals surface area (Å²) in [7, 11) is 0. The minimum absolute atomic E-state index is 0.0387. The van der Waals surface area contributed by atoms with Crippen molar-refractivity contribution in [3.63, 3.8) is 0 Å². The third-order valence-corrected chi connectivity index (χ3v) is 5.40.